The normalized spacial score (nSPS) is 10.7. The number of benzene rings is 3. The second-order valence-corrected chi connectivity index (χ2v) is 5.82. The van der Waals surface area contributed by atoms with E-state index >= 15 is 0 Å². The molecule has 0 amide bonds. The van der Waals surface area contributed by atoms with Crippen LogP contribution in [0.5, 0.6) is 5.75 Å². The summed E-state index contributed by atoms with van der Waals surface area (Å²) in [5, 5.41) is 1.67. The third-order valence-electron chi connectivity index (χ3n) is 4.11. The minimum Gasteiger partial charge on any atom is -0.465 e. The number of nitrogens with zero attached hydrogens (tertiary/aromatic N) is 2. The predicted octanol–water partition coefficient (Wildman–Crippen LogP) is 3.79. The Labute approximate surface area is 154 Å². The summed E-state index contributed by atoms with van der Waals surface area (Å²) >= 11 is 0. The van der Waals surface area contributed by atoms with E-state index in [2.05, 4.69) is 9.97 Å². The Morgan fingerprint density at radius 2 is 1.52 bits per heavy atom. The maximum absolute atomic E-state index is 12.6. The molecule has 132 valence electrons. The van der Waals surface area contributed by atoms with E-state index in [-0.39, 0.29) is 17.0 Å². The first-order valence-corrected chi connectivity index (χ1v) is 8.21. The standard InChI is InChI=1S/C21H14N2O4/c1-26-20(24)15-10-13-6-2-3-7-14(13)11-19(15)27-21(25)18-12-22-16-8-4-5-9-17(16)23-18/h2-12H,1H3. The molecule has 0 aliphatic carbocycles. The molecule has 0 saturated heterocycles. The molecule has 0 radical (unpaired) electrons. The summed E-state index contributed by atoms with van der Waals surface area (Å²) < 4.78 is 10.3. The van der Waals surface area contributed by atoms with Crippen LogP contribution in [0.2, 0.25) is 0 Å². The average molecular weight is 358 g/mol. The molecule has 6 heteroatoms. The van der Waals surface area contributed by atoms with Crippen molar-refractivity contribution in [3.63, 3.8) is 0 Å². The zero-order valence-electron chi connectivity index (χ0n) is 14.4. The van der Waals surface area contributed by atoms with Crippen molar-refractivity contribution in [1.82, 2.24) is 9.97 Å². The van der Waals surface area contributed by atoms with Gasteiger partial charge in [-0.2, -0.15) is 0 Å². The van der Waals surface area contributed by atoms with Crippen LogP contribution in [0.4, 0.5) is 0 Å². The summed E-state index contributed by atoms with van der Waals surface area (Å²) in [6, 6.07) is 17.9. The second-order valence-electron chi connectivity index (χ2n) is 5.82. The van der Waals surface area contributed by atoms with E-state index in [9.17, 15) is 9.59 Å². The van der Waals surface area contributed by atoms with E-state index in [1.807, 2.05) is 36.4 Å². The minimum atomic E-state index is -0.700. The molecular weight excluding hydrogens is 344 g/mol. The van der Waals surface area contributed by atoms with Gasteiger partial charge in [0, 0.05) is 0 Å². The molecule has 0 spiro atoms. The van der Waals surface area contributed by atoms with E-state index in [0.717, 1.165) is 10.8 Å². The second kappa shape index (κ2) is 6.84. The molecule has 1 aromatic heterocycles. The number of carbonyl (C=O) groups is 2. The maximum atomic E-state index is 12.6. The molecule has 0 aliphatic heterocycles. The van der Waals surface area contributed by atoms with Crippen LogP contribution >= 0.6 is 0 Å². The van der Waals surface area contributed by atoms with Crippen molar-refractivity contribution in [2.75, 3.05) is 7.11 Å². The van der Waals surface area contributed by atoms with E-state index in [0.29, 0.717) is 11.0 Å². The summed E-state index contributed by atoms with van der Waals surface area (Å²) in [5.74, 6) is -1.18. The summed E-state index contributed by atoms with van der Waals surface area (Å²) in [6.45, 7) is 0. The van der Waals surface area contributed by atoms with Crippen molar-refractivity contribution in [3.8, 4) is 5.75 Å². The lowest BCUT2D eigenvalue weighted by molar-refractivity contribution is 0.0593. The highest BCUT2D eigenvalue weighted by atomic mass is 16.5. The highest BCUT2D eigenvalue weighted by molar-refractivity contribution is 6.00. The largest absolute Gasteiger partial charge is 0.465 e. The van der Waals surface area contributed by atoms with Gasteiger partial charge < -0.3 is 9.47 Å². The fourth-order valence-electron chi connectivity index (χ4n) is 2.78. The molecule has 6 nitrogen and oxygen atoms in total. The SMILES string of the molecule is COC(=O)c1cc2ccccc2cc1OC(=O)c1cnc2ccccc2n1. The Bertz CT molecular complexity index is 1190. The molecule has 0 fully saturated rings. The topological polar surface area (TPSA) is 78.4 Å². The van der Waals surface area contributed by atoms with Crippen LogP contribution in [0.3, 0.4) is 0 Å². The van der Waals surface area contributed by atoms with Crippen molar-refractivity contribution < 1.29 is 19.1 Å². The Hall–Kier alpha value is -3.80. The zero-order valence-corrected chi connectivity index (χ0v) is 14.4. The molecule has 4 aromatic rings. The molecule has 27 heavy (non-hydrogen) atoms. The number of ether oxygens (including phenoxy) is 2. The van der Waals surface area contributed by atoms with Gasteiger partial charge in [0.2, 0.25) is 0 Å². The van der Waals surface area contributed by atoms with Crippen LogP contribution in [0.15, 0.2) is 66.9 Å². The van der Waals surface area contributed by atoms with Gasteiger partial charge in [0.05, 0.1) is 24.3 Å². The zero-order chi connectivity index (χ0) is 18.8. The molecule has 0 N–H and O–H groups in total. The summed E-state index contributed by atoms with van der Waals surface area (Å²) in [7, 11) is 1.28. The lowest BCUT2D eigenvalue weighted by Gasteiger charge is -2.10. The van der Waals surface area contributed by atoms with E-state index in [4.69, 9.17) is 9.47 Å². The van der Waals surface area contributed by atoms with Crippen molar-refractivity contribution in [2.24, 2.45) is 0 Å². The molecule has 1 heterocycles. The molecule has 3 aromatic carbocycles. The lowest BCUT2D eigenvalue weighted by Crippen LogP contribution is -2.14. The number of hydrogen-bond acceptors (Lipinski definition) is 6. The van der Waals surface area contributed by atoms with E-state index in [1.165, 1.54) is 13.3 Å². The number of rotatable bonds is 3. The van der Waals surface area contributed by atoms with Crippen LogP contribution in [-0.4, -0.2) is 29.0 Å². The average Bonchev–Trinajstić information content (AvgIpc) is 2.72. The molecule has 0 unspecified atom stereocenters. The van der Waals surface area contributed by atoms with Gasteiger partial charge in [0.1, 0.15) is 11.3 Å². The summed E-state index contributed by atoms with van der Waals surface area (Å²) in [4.78, 5) is 33.2. The van der Waals surface area contributed by atoms with Gasteiger partial charge in [-0.05, 0) is 35.0 Å². The van der Waals surface area contributed by atoms with Crippen LogP contribution in [0, 0.1) is 0 Å². The van der Waals surface area contributed by atoms with Gasteiger partial charge in [-0.25, -0.2) is 14.6 Å². The van der Waals surface area contributed by atoms with Crippen molar-refractivity contribution >= 4 is 33.7 Å². The minimum absolute atomic E-state index is 0.0534. The van der Waals surface area contributed by atoms with Gasteiger partial charge >= 0.3 is 11.9 Å². The number of hydrogen-bond donors (Lipinski definition) is 0. The van der Waals surface area contributed by atoms with Gasteiger partial charge in [-0.3, -0.25) is 4.98 Å². The number of aromatic nitrogens is 2. The van der Waals surface area contributed by atoms with Crippen molar-refractivity contribution in [1.29, 1.82) is 0 Å². The van der Waals surface area contributed by atoms with Gasteiger partial charge in [-0.15, -0.1) is 0 Å². The molecule has 0 aliphatic rings. The molecule has 0 bridgehead atoms. The van der Waals surface area contributed by atoms with Crippen LogP contribution in [0.1, 0.15) is 20.8 Å². The summed E-state index contributed by atoms with van der Waals surface area (Å²) in [5.41, 5.74) is 1.48. The van der Waals surface area contributed by atoms with Crippen molar-refractivity contribution in [3.05, 3.63) is 78.1 Å². The Balaban J connectivity index is 1.74. The third-order valence-corrected chi connectivity index (χ3v) is 4.11. The van der Waals surface area contributed by atoms with Gasteiger partial charge in [0.25, 0.3) is 0 Å². The Morgan fingerprint density at radius 1 is 0.852 bits per heavy atom. The van der Waals surface area contributed by atoms with E-state index < -0.39 is 11.9 Å². The first-order valence-electron chi connectivity index (χ1n) is 8.21. The van der Waals surface area contributed by atoms with Gasteiger partial charge in [0.15, 0.2) is 5.69 Å². The maximum Gasteiger partial charge on any atom is 0.363 e. The summed E-state index contributed by atoms with van der Waals surface area (Å²) in [6.07, 6.45) is 1.35. The fraction of sp³-hybridized carbons (Fsp3) is 0.0476. The molecular formula is C21H14N2O4. The molecule has 4 rings (SSSR count). The van der Waals surface area contributed by atoms with Crippen molar-refractivity contribution in [2.45, 2.75) is 0 Å². The van der Waals surface area contributed by atoms with Crippen LogP contribution in [0.25, 0.3) is 21.8 Å². The number of para-hydroxylation sites is 2. The third kappa shape index (κ3) is 3.20. The van der Waals surface area contributed by atoms with Crippen LogP contribution < -0.4 is 4.74 Å². The number of methoxy groups -OCH3 is 1. The number of esters is 2. The molecule has 0 saturated carbocycles. The first-order chi connectivity index (χ1) is 13.2. The lowest BCUT2D eigenvalue weighted by atomic mass is 10.1. The number of carbonyl (C=O) groups excluding carboxylic acids is 2. The smallest absolute Gasteiger partial charge is 0.363 e. The Morgan fingerprint density at radius 3 is 2.26 bits per heavy atom. The van der Waals surface area contributed by atoms with Gasteiger partial charge in [-0.1, -0.05) is 36.4 Å². The monoisotopic (exact) mass is 358 g/mol. The molecule has 0 atom stereocenters. The number of fused-ring (bicyclic) bond motifs is 2. The van der Waals surface area contributed by atoms with Crippen LogP contribution in [-0.2, 0) is 4.74 Å². The Kier molecular flexibility index (Phi) is 4.22. The highest BCUT2D eigenvalue weighted by Crippen LogP contribution is 2.27. The predicted molar refractivity (Wildman–Crippen MR) is 99.8 cm³/mol. The highest BCUT2D eigenvalue weighted by Gasteiger charge is 2.19. The van der Waals surface area contributed by atoms with E-state index in [1.54, 1.807) is 24.3 Å². The quantitative estimate of drug-likeness (QED) is 0.410. The fourth-order valence-corrected chi connectivity index (χ4v) is 2.78. The first kappa shape index (κ1) is 16.7.